The molecule has 4 N–H and O–H groups in total. The lowest BCUT2D eigenvalue weighted by molar-refractivity contribution is -0.139. The zero-order valence-corrected chi connectivity index (χ0v) is 19.1. The molecule has 1 aliphatic heterocycles. The maximum absolute atomic E-state index is 15.3. The average molecular weight is 471 g/mol. The predicted molar refractivity (Wildman–Crippen MR) is 119 cm³/mol. The summed E-state index contributed by atoms with van der Waals surface area (Å²) in [5.74, 6) is -3.52. The summed E-state index contributed by atoms with van der Waals surface area (Å²) in [5.41, 5.74) is 5.10. The molecule has 0 saturated carbocycles. The Kier molecular flexibility index (Phi) is 6.68. The van der Waals surface area contributed by atoms with Crippen LogP contribution in [-0.4, -0.2) is 29.7 Å². The summed E-state index contributed by atoms with van der Waals surface area (Å²) in [6.07, 6.45) is 0.481. The van der Waals surface area contributed by atoms with Crippen LogP contribution in [0.3, 0.4) is 0 Å². The van der Waals surface area contributed by atoms with Crippen LogP contribution in [0.2, 0.25) is 10.0 Å². The molecule has 8 heteroatoms. The largest absolute Gasteiger partial charge is 0.480 e. The zero-order valence-electron chi connectivity index (χ0n) is 17.6. The fraction of sp³-hybridized carbons (Fsp3) is 0.435. The highest BCUT2D eigenvalue weighted by atomic mass is 35.5. The van der Waals surface area contributed by atoms with E-state index in [1.54, 1.807) is 6.07 Å². The number of carboxylic acid groups (broad SMARTS) is 1. The van der Waals surface area contributed by atoms with E-state index in [1.165, 1.54) is 30.3 Å². The minimum absolute atomic E-state index is 0.0867. The van der Waals surface area contributed by atoms with Crippen molar-refractivity contribution in [2.24, 2.45) is 11.1 Å². The molecule has 0 aromatic heterocycles. The number of aliphatic carboxylic acids is 1. The zero-order chi connectivity index (χ0) is 23.1. The number of halogens is 4. The summed E-state index contributed by atoms with van der Waals surface area (Å²) >= 11 is 12.0. The number of carboxylic acids is 1. The molecule has 1 fully saturated rings. The first-order chi connectivity index (χ1) is 14.4. The molecular formula is C23H26Cl2F2N2O2. The molecule has 0 spiro atoms. The van der Waals surface area contributed by atoms with Gasteiger partial charge in [-0.15, -0.1) is 0 Å². The highest BCUT2D eigenvalue weighted by Gasteiger charge is 2.59. The molecule has 1 heterocycles. The van der Waals surface area contributed by atoms with Crippen molar-refractivity contribution in [3.63, 3.8) is 0 Å². The molecule has 0 aliphatic carbocycles. The smallest absolute Gasteiger partial charge is 0.321 e. The normalized spacial score (nSPS) is 26.3. The van der Waals surface area contributed by atoms with Crippen molar-refractivity contribution >= 4 is 29.2 Å². The third kappa shape index (κ3) is 4.31. The first-order valence-corrected chi connectivity index (χ1v) is 10.8. The van der Waals surface area contributed by atoms with Crippen molar-refractivity contribution in [3.05, 3.63) is 69.2 Å². The van der Waals surface area contributed by atoms with Crippen LogP contribution < -0.4 is 11.1 Å². The first-order valence-electron chi connectivity index (χ1n) is 10.0. The van der Waals surface area contributed by atoms with Crippen molar-refractivity contribution in [2.45, 2.75) is 50.6 Å². The monoisotopic (exact) mass is 470 g/mol. The number of rotatable bonds is 5. The Morgan fingerprint density at radius 3 is 2.45 bits per heavy atom. The molecule has 1 aliphatic rings. The van der Waals surface area contributed by atoms with Gasteiger partial charge in [-0.1, -0.05) is 62.2 Å². The van der Waals surface area contributed by atoms with Crippen molar-refractivity contribution in [3.8, 4) is 0 Å². The summed E-state index contributed by atoms with van der Waals surface area (Å²) in [4.78, 5) is 12.3. The Morgan fingerprint density at radius 2 is 1.90 bits per heavy atom. The number of hydrogen-bond acceptors (Lipinski definition) is 3. The number of nitrogens with two attached hydrogens (primary N) is 1. The Hall–Kier alpha value is -1.73. The quantitative estimate of drug-likeness (QED) is 0.567. The van der Waals surface area contributed by atoms with Gasteiger partial charge in [0.25, 0.3) is 0 Å². The van der Waals surface area contributed by atoms with E-state index in [1.807, 2.05) is 20.8 Å². The van der Waals surface area contributed by atoms with Gasteiger partial charge in [0, 0.05) is 28.9 Å². The predicted octanol–water partition coefficient (Wildman–Crippen LogP) is 5.11. The van der Waals surface area contributed by atoms with Crippen molar-refractivity contribution in [1.29, 1.82) is 0 Å². The molecule has 4 nitrogen and oxygen atoms in total. The second-order valence-electron chi connectivity index (χ2n) is 9.29. The molecule has 2 aromatic carbocycles. The highest BCUT2D eigenvalue weighted by Crippen LogP contribution is 2.52. The molecule has 31 heavy (non-hydrogen) atoms. The van der Waals surface area contributed by atoms with Gasteiger partial charge in [-0.3, -0.25) is 4.79 Å². The van der Waals surface area contributed by atoms with E-state index in [9.17, 15) is 9.90 Å². The van der Waals surface area contributed by atoms with Gasteiger partial charge in [0.15, 0.2) is 0 Å². The molecule has 0 radical (unpaired) electrons. The maximum Gasteiger partial charge on any atom is 0.321 e. The lowest BCUT2D eigenvalue weighted by Crippen LogP contribution is -2.50. The standard InChI is InChI=1S/C23H26Cl2F2N2O2/c1-22(2,3)10-17-23(11-28,14-8-7-12(24)9-16(14)26)18(20(29-17)21(30)31)13-5-4-6-15(25)19(13)27/h4-9,17-18,20,29H,10-11,28H2,1-3H3,(H,30,31)/t17-,18-,20+,23-/m0/s1. The van der Waals surface area contributed by atoms with Crippen LogP contribution in [0.5, 0.6) is 0 Å². The van der Waals surface area contributed by atoms with E-state index in [0.29, 0.717) is 6.42 Å². The van der Waals surface area contributed by atoms with Crippen LogP contribution >= 0.6 is 23.2 Å². The van der Waals surface area contributed by atoms with E-state index in [0.717, 1.165) is 0 Å². The van der Waals surface area contributed by atoms with Crippen molar-refractivity contribution in [1.82, 2.24) is 5.32 Å². The van der Waals surface area contributed by atoms with Crippen LogP contribution in [-0.2, 0) is 10.2 Å². The topological polar surface area (TPSA) is 75.3 Å². The Bertz CT molecular complexity index is 996. The third-order valence-electron chi connectivity index (χ3n) is 6.06. The molecule has 1 saturated heterocycles. The lowest BCUT2D eigenvalue weighted by Gasteiger charge is -2.42. The van der Waals surface area contributed by atoms with Crippen molar-refractivity contribution < 1.29 is 18.7 Å². The van der Waals surface area contributed by atoms with Crippen LogP contribution in [0, 0.1) is 17.0 Å². The third-order valence-corrected chi connectivity index (χ3v) is 6.59. The van der Waals surface area contributed by atoms with Crippen LogP contribution in [0.25, 0.3) is 0 Å². The minimum Gasteiger partial charge on any atom is -0.480 e. The molecule has 0 unspecified atom stereocenters. The van der Waals surface area contributed by atoms with Crippen LogP contribution in [0.15, 0.2) is 36.4 Å². The Morgan fingerprint density at radius 1 is 1.23 bits per heavy atom. The molecular weight excluding hydrogens is 445 g/mol. The summed E-state index contributed by atoms with van der Waals surface area (Å²) < 4.78 is 30.5. The second kappa shape index (κ2) is 8.66. The summed E-state index contributed by atoms with van der Waals surface area (Å²) in [6.45, 7) is 5.88. The fourth-order valence-corrected chi connectivity index (χ4v) is 5.20. The second-order valence-corrected chi connectivity index (χ2v) is 10.1. The summed E-state index contributed by atoms with van der Waals surface area (Å²) in [5, 5.41) is 13.2. The Labute approximate surface area is 190 Å². The van der Waals surface area contributed by atoms with Gasteiger partial charge in [0.05, 0.1) is 5.02 Å². The SMILES string of the molecule is CC(C)(C)C[C@@H]1N[C@@H](C(=O)O)[C@H](c2cccc(Cl)c2F)[C@@]1(CN)c1ccc(Cl)cc1F. The van der Waals surface area contributed by atoms with E-state index in [4.69, 9.17) is 28.9 Å². The van der Waals surface area contributed by atoms with Gasteiger partial charge >= 0.3 is 5.97 Å². The van der Waals surface area contributed by atoms with Gasteiger partial charge in [-0.25, -0.2) is 8.78 Å². The maximum atomic E-state index is 15.3. The van der Waals surface area contributed by atoms with Crippen LogP contribution in [0.4, 0.5) is 8.78 Å². The first kappa shape index (κ1) is 23.9. The number of benzene rings is 2. The van der Waals surface area contributed by atoms with E-state index in [-0.39, 0.29) is 33.1 Å². The number of carbonyl (C=O) groups is 1. The molecule has 0 bridgehead atoms. The molecule has 2 aromatic rings. The molecule has 3 rings (SSSR count). The number of hydrogen-bond donors (Lipinski definition) is 3. The lowest BCUT2D eigenvalue weighted by atomic mass is 9.62. The fourth-order valence-electron chi connectivity index (χ4n) is 4.86. The van der Waals surface area contributed by atoms with Gasteiger partial charge in [-0.2, -0.15) is 0 Å². The van der Waals surface area contributed by atoms with Gasteiger partial charge in [0.2, 0.25) is 0 Å². The van der Waals surface area contributed by atoms with Gasteiger partial charge in [-0.05, 0) is 41.2 Å². The number of nitrogens with one attached hydrogen (secondary N) is 1. The highest BCUT2D eigenvalue weighted by molar-refractivity contribution is 6.31. The van der Waals surface area contributed by atoms with Crippen LogP contribution in [0.1, 0.15) is 44.2 Å². The summed E-state index contributed by atoms with van der Waals surface area (Å²) in [6, 6.07) is 6.90. The summed E-state index contributed by atoms with van der Waals surface area (Å²) in [7, 11) is 0. The van der Waals surface area contributed by atoms with E-state index in [2.05, 4.69) is 5.32 Å². The molecule has 4 atom stereocenters. The average Bonchev–Trinajstić information content (AvgIpc) is 2.97. The van der Waals surface area contributed by atoms with Gasteiger partial charge < -0.3 is 16.2 Å². The van der Waals surface area contributed by atoms with Gasteiger partial charge in [0.1, 0.15) is 17.7 Å². The Balaban J connectivity index is 2.36. The molecule has 0 amide bonds. The van der Waals surface area contributed by atoms with Crippen molar-refractivity contribution in [2.75, 3.05) is 6.54 Å². The minimum atomic E-state index is -1.25. The van der Waals surface area contributed by atoms with E-state index >= 15 is 8.78 Å². The molecule has 168 valence electrons. The van der Waals surface area contributed by atoms with E-state index < -0.39 is 41.0 Å².